The fourth-order valence-electron chi connectivity index (χ4n) is 5.19. The highest BCUT2D eigenvalue weighted by Gasteiger charge is 2.38. The molecule has 2 aliphatic rings. The summed E-state index contributed by atoms with van der Waals surface area (Å²) in [5, 5.41) is 7.85. The summed E-state index contributed by atoms with van der Waals surface area (Å²) in [6.45, 7) is 2.78. The summed E-state index contributed by atoms with van der Waals surface area (Å²) in [7, 11) is -3.36. The van der Waals surface area contributed by atoms with Gasteiger partial charge >= 0.3 is 0 Å². The standard InChI is InChI=1S/C28H28F2N6O4S/c1-16-20-12-23(30)22(14-26(20)40-34-16)27-32-19(15-31-24-13-21(24)17-3-5-18(29)6-4-17)11-25(33-27)28(37)35-7-9-36(10-8-35)41(2,38)39/h3-6,11-12,14,21,24,31H,7-10,13,15H2,1-2H3/t21-,24+/m0/s1. The zero-order valence-electron chi connectivity index (χ0n) is 22.5. The first-order valence-electron chi connectivity index (χ1n) is 13.2. The Balaban J connectivity index is 1.27. The number of aromatic nitrogens is 3. The van der Waals surface area contributed by atoms with Gasteiger partial charge in [0.25, 0.3) is 5.91 Å². The Hall–Kier alpha value is -3.81. The fraction of sp³-hybridized carbons (Fsp3) is 0.357. The minimum Gasteiger partial charge on any atom is -0.356 e. The number of nitrogens with one attached hydrogen (secondary N) is 1. The van der Waals surface area contributed by atoms with Crippen molar-refractivity contribution in [3.8, 4) is 11.4 Å². The molecule has 0 radical (unpaired) electrons. The van der Waals surface area contributed by atoms with Gasteiger partial charge in [0.15, 0.2) is 11.4 Å². The first kappa shape index (κ1) is 27.4. The monoisotopic (exact) mass is 582 g/mol. The van der Waals surface area contributed by atoms with Gasteiger partial charge in [0.05, 0.1) is 23.2 Å². The topological polar surface area (TPSA) is 122 Å². The van der Waals surface area contributed by atoms with Crippen LogP contribution in [-0.2, 0) is 16.6 Å². The van der Waals surface area contributed by atoms with Crippen molar-refractivity contribution >= 4 is 26.9 Å². The van der Waals surface area contributed by atoms with E-state index in [1.165, 1.54) is 33.5 Å². The average Bonchev–Trinajstić information content (AvgIpc) is 3.65. The number of carbonyl (C=O) groups excluding carboxylic acids is 1. The van der Waals surface area contributed by atoms with Crippen LogP contribution in [0.5, 0.6) is 0 Å². The Morgan fingerprint density at radius 2 is 1.80 bits per heavy atom. The van der Waals surface area contributed by atoms with E-state index in [0.717, 1.165) is 18.2 Å². The lowest BCUT2D eigenvalue weighted by Gasteiger charge is -2.33. The molecule has 1 N–H and O–H groups in total. The second-order valence-corrected chi connectivity index (χ2v) is 12.5. The molecule has 0 unspecified atom stereocenters. The second-order valence-electron chi connectivity index (χ2n) is 10.5. The molecule has 1 amide bonds. The van der Waals surface area contributed by atoms with Gasteiger partial charge in [0.1, 0.15) is 17.3 Å². The van der Waals surface area contributed by atoms with Crippen molar-refractivity contribution in [3.63, 3.8) is 0 Å². The van der Waals surface area contributed by atoms with Crippen LogP contribution >= 0.6 is 0 Å². The number of carbonyl (C=O) groups is 1. The van der Waals surface area contributed by atoms with Crippen LogP contribution < -0.4 is 5.32 Å². The third-order valence-corrected chi connectivity index (χ3v) is 8.91. The molecule has 10 nitrogen and oxygen atoms in total. The van der Waals surface area contributed by atoms with E-state index in [-0.39, 0.29) is 61.0 Å². The molecule has 6 rings (SSSR count). The number of nitrogens with zero attached hydrogens (tertiary/aromatic N) is 5. The van der Waals surface area contributed by atoms with Crippen LogP contribution in [0.3, 0.4) is 0 Å². The number of amides is 1. The number of hydrogen-bond acceptors (Lipinski definition) is 8. The summed E-state index contributed by atoms with van der Waals surface area (Å²) in [6, 6.07) is 10.9. The highest BCUT2D eigenvalue weighted by molar-refractivity contribution is 7.88. The maximum atomic E-state index is 15.3. The molecule has 2 aromatic heterocycles. The van der Waals surface area contributed by atoms with Crippen molar-refractivity contribution in [2.24, 2.45) is 0 Å². The normalized spacial score (nSPS) is 19.6. The molecule has 1 saturated heterocycles. The Morgan fingerprint density at radius 3 is 2.51 bits per heavy atom. The molecule has 2 atom stereocenters. The molecule has 214 valence electrons. The van der Waals surface area contributed by atoms with Crippen LogP contribution in [-0.4, -0.2) is 77.1 Å². The van der Waals surface area contributed by atoms with Gasteiger partial charge in [-0.05, 0) is 49.2 Å². The number of rotatable bonds is 7. The third kappa shape index (κ3) is 5.69. The molecule has 4 aromatic rings. The molecule has 1 aliphatic heterocycles. The van der Waals surface area contributed by atoms with Gasteiger partial charge in [-0.1, -0.05) is 17.3 Å². The van der Waals surface area contributed by atoms with E-state index >= 15 is 4.39 Å². The van der Waals surface area contributed by atoms with Gasteiger partial charge in [-0.15, -0.1) is 0 Å². The van der Waals surface area contributed by atoms with Crippen LogP contribution in [0.1, 0.15) is 39.8 Å². The van der Waals surface area contributed by atoms with Gasteiger partial charge in [0, 0.05) is 50.1 Å². The van der Waals surface area contributed by atoms with Crippen LogP contribution in [0.4, 0.5) is 8.78 Å². The Labute approximate surface area is 235 Å². The zero-order chi connectivity index (χ0) is 28.9. The van der Waals surface area contributed by atoms with Gasteiger partial charge < -0.3 is 14.7 Å². The summed E-state index contributed by atoms with van der Waals surface area (Å²) in [5.74, 6) is -0.989. The van der Waals surface area contributed by atoms with E-state index < -0.39 is 21.7 Å². The maximum Gasteiger partial charge on any atom is 0.272 e. The van der Waals surface area contributed by atoms with Crippen LogP contribution in [0, 0.1) is 18.6 Å². The number of aryl methyl sites for hydroxylation is 1. The number of halogens is 2. The lowest BCUT2D eigenvalue weighted by molar-refractivity contribution is 0.0692. The number of benzene rings is 2. The first-order chi connectivity index (χ1) is 19.6. The Kier molecular flexibility index (Phi) is 7.04. The van der Waals surface area contributed by atoms with Crippen molar-refractivity contribution in [1.29, 1.82) is 0 Å². The van der Waals surface area contributed by atoms with Crippen LogP contribution in [0.15, 0.2) is 47.0 Å². The SMILES string of the molecule is Cc1noc2cc(-c3nc(CN[C@@H]4C[C@H]4c4ccc(F)cc4)cc(C(=O)N4CCN(S(C)(=O)=O)CC4)n3)c(F)cc12. The van der Waals surface area contributed by atoms with E-state index in [0.29, 0.717) is 28.9 Å². The van der Waals surface area contributed by atoms with Crippen molar-refractivity contribution in [1.82, 2.24) is 29.6 Å². The molecule has 0 bridgehead atoms. The van der Waals surface area contributed by atoms with E-state index in [2.05, 4.69) is 20.4 Å². The fourth-order valence-corrected chi connectivity index (χ4v) is 6.01. The molecule has 1 saturated carbocycles. The molecule has 3 heterocycles. The molecular weight excluding hydrogens is 554 g/mol. The summed E-state index contributed by atoms with van der Waals surface area (Å²) >= 11 is 0. The zero-order valence-corrected chi connectivity index (χ0v) is 23.3. The van der Waals surface area contributed by atoms with E-state index in [1.54, 1.807) is 25.1 Å². The predicted octanol–water partition coefficient (Wildman–Crippen LogP) is 3.23. The van der Waals surface area contributed by atoms with E-state index in [4.69, 9.17) is 4.52 Å². The number of hydrogen-bond donors (Lipinski definition) is 1. The molecule has 2 fully saturated rings. The molecule has 13 heteroatoms. The van der Waals surface area contributed by atoms with Gasteiger partial charge in [-0.3, -0.25) is 4.79 Å². The number of fused-ring (bicyclic) bond motifs is 1. The molecule has 0 spiro atoms. The summed E-state index contributed by atoms with van der Waals surface area (Å²) in [6.07, 6.45) is 2.01. The van der Waals surface area contributed by atoms with Gasteiger partial charge in [0.2, 0.25) is 10.0 Å². The lowest BCUT2D eigenvalue weighted by Crippen LogP contribution is -2.50. The average molecular weight is 583 g/mol. The molecule has 41 heavy (non-hydrogen) atoms. The largest absolute Gasteiger partial charge is 0.356 e. The first-order valence-corrected chi connectivity index (χ1v) is 15.1. The van der Waals surface area contributed by atoms with Gasteiger partial charge in [-0.25, -0.2) is 27.2 Å². The molecule has 2 aromatic carbocycles. The lowest BCUT2D eigenvalue weighted by atomic mass is 10.1. The van der Waals surface area contributed by atoms with Crippen molar-refractivity contribution in [2.45, 2.75) is 31.8 Å². The van der Waals surface area contributed by atoms with E-state index in [1.807, 2.05) is 0 Å². The summed E-state index contributed by atoms with van der Waals surface area (Å²) in [4.78, 5) is 24.0. The van der Waals surface area contributed by atoms with Gasteiger partial charge in [-0.2, -0.15) is 4.31 Å². The van der Waals surface area contributed by atoms with Crippen LogP contribution in [0.2, 0.25) is 0 Å². The van der Waals surface area contributed by atoms with Crippen molar-refractivity contribution in [3.05, 3.63) is 76.7 Å². The third-order valence-electron chi connectivity index (χ3n) is 7.61. The maximum absolute atomic E-state index is 15.3. The Morgan fingerprint density at radius 1 is 1.07 bits per heavy atom. The summed E-state index contributed by atoms with van der Waals surface area (Å²) in [5.41, 5.74) is 2.60. The predicted molar refractivity (Wildman–Crippen MR) is 146 cm³/mol. The molecular formula is C28H28F2N6O4S. The second kappa shape index (κ2) is 10.5. The molecule has 1 aliphatic carbocycles. The van der Waals surface area contributed by atoms with Crippen molar-refractivity contribution in [2.75, 3.05) is 32.4 Å². The minimum atomic E-state index is -3.36. The number of sulfonamides is 1. The Bertz CT molecular complexity index is 1740. The smallest absolute Gasteiger partial charge is 0.272 e. The van der Waals surface area contributed by atoms with Crippen LogP contribution in [0.25, 0.3) is 22.4 Å². The quantitative estimate of drug-likeness (QED) is 0.353. The summed E-state index contributed by atoms with van der Waals surface area (Å²) < 4.78 is 59.0. The highest BCUT2D eigenvalue weighted by atomic mass is 32.2. The minimum absolute atomic E-state index is 0.0294. The van der Waals surface area contributed by atoms with E-state index in [9.17, 15) is 17.6 Å². The van der Waals surface area contributed by atoms with Crippen molar-refractivity contribution < 1.29 is 26.5 Å². The number of piperazine rings is 1. The highest BCUT2D eigenvalue weighted by Crippen LogP contribution is 2.41.